The minimum atomic E-state index is -0.780. The fraction of sp³-hybridized carbons (Fsp3) is 0.467. The average molecular weight is 308 g/mol. The van der Waals surface area contributed by atoms with Crippen molar-refractivity contribution in [3.63, 3.8) is 0 Å². The topological polar surface area (TPSA) is 25.2 Å². The molecule has 1 aromatic heterocycles. The van der Waals surface area contributed by atoms with Gasteiger partial charge in [0.1, 0.15) is 0 Å². The van der Waals surface area contributed by atoms with E-state index in [9.17, 15) is 5.11 Å². The number of halogens is 1. The van der Waals surface area contributed by atoms with Crippen molar-refractivity contribution >= 4 is 26.8 Å². The molecule has 1 aromatic carbocycles. The van der Waals surface area contributed by atoms with Crippen LogP contribution in [0.1, 0.15) is 37.1 Å². The Kier molecular flexibility index (Phi) is 2.62. The Morgan fingerprint density at radius 1 is 1.33 bits per heavy atom. The van der Waals surface area contributed by atoms with E-state index in [1.807, 2.05) is 13.8 Å². The van der Waals surface area contributed by atoms with Gasteiger partial charge >= 0.3 is 0 Å². The average Bonchev–Trinajstić information content (AvgIpc) is 2.56. The lowest BCUT2D eigenvalue weighted by molar-refractivity contribution is 0.0786. The summed E-state index contributed by atoms with van der Waals surface area (Å²) in [4.78, 5) is 0. The van der Waals surface area contributed by atoms with Crippen molar-refractivity contribution in [2.45, 2.75) is 45.8 Å². The van der Waals surface area contributed by atoms with Crippen LogP contribution in [0.4, 0.5) is 0 Å². The summed E-state index contributed by atoms with van der Waals surface area (Å²) >= 11 is 3.70. The third-order valence-electron chi connectivity index (χ3n) is 3.95. The summed E-state index contributed by atoms with van der Waals surface area (Å²) in [6.07, 6.45) is 2.29. The van der Waals surface area contributed by atoms with E-state index in [0.717, 1.165) is 18.5 Å². The fourth-order valence-corrected chi connectivity index (χ4v) is 3.43. The molecule has 0 saturated carbocycles. The van der Waals surface area contributed by atoms with Crippen molar-refractivity contribution < 1.29 is 5.11 Å². The van der Waals surface area contributed by atoms with Crippen LogP contribution in [-0.4, -0.2) is 9.67 Å². The molecule has 0 fully saturated rings. The largest absolute Gasteiger partial charge is 0.386 e. The smallest absolute Gasteiger partial charge is 0.0840 e. The highest BCUT2D eigenvalue weighted by molar-refractivity contribution is 9.10. The van der Waals surface area contributed by atoms with E-state index in [1.165, 1.54) is 33.1 Å². The Bertz CT molecular complexity index is 634. The molecule has 2 nitrogen and oxygen atoms in total. The van der Waals surface area contributed by atoms with Crippen LogP contribution in [0.2, 0.25) is 0 Å². The van der Waals surface area contributed by atoms with Crippen LogP contribution in [0.15, 0.2) is 16.6 Å². The van der Waals surface area contributed by atoms with Crippen molar-refractivity contribution in [1.29, 1.82) is 0 Å². The van der Waals surface area contributed by atoms with Gasteiger partial charge in [0.2, 0.25) is 0 Å². The maximum Gasteiger partial charge on any atom is 0.0840 e. The summed E-state index contributed by atoms with van der Waals surface area (Å²) in [5.74, 6) is 0. The molecule has 96 valence electrons. The maximum atomic E-state index is 10.2. The molecule has 0 saturated heterocycles. The zero-order valence-corrected chi connectivity index (χ0v) is 12.6. The van der Waals surface area contributed by atoms with Gasteiger partial charge in [0.25, 0.3) is 0 Å². The van der Waals surface area contributed by atoms with Gasteiger partial charge in [-0.15, -0.1) is 0 Å². The van der Waals surface area contributed by atoms with Gasteiger partial charge in [-0.2, -0.15) is 0 Å². The molecular weight excluding hydrogens is 290 g/mol. The molecule has 1 aliphatic rings. The standard InChI is InChI=1S/C15H18BrNO/c1-9-13(16)12-8-11(15(2,3)18)7-10-5-4-6-17(9)14(10)12/h7-8,18H,4-6H2,1-3H3. The van der Waals surface area contributed by atoms with Crippen LogP contribution in [0.5, 0.6) is 0 Å². The number of aryl methyl sites for hydroxylation is 2. The summed E-state index contributed by atoms with van der Waals surface area (Å²) in [6, 6.07) is 4.29. The highest BCUT2D eigenvalue weighted by atomic mass is 79.9. The maximum absolute atomic E-state index is 10.2. The van der Waals surface area contributed by atoms with E-state index < -0.39 is 5.60 Å². The number of aromatic nitrogens is 1. The number of hydrogen-bond donors (Lipinski definition) is 1. The Morgan fingerprint density at radius 3 is 2.72 bits per heavy atom. The zero-order chi connectivity index (χ0) is 13.1. The van der Waals surface area contributed by atoms with Gasteiger partial charge in [-0.1, -0.05) is 6.07 Å². The van der Waals surface area contributed by atoms with Crippen LogP contribution in [0.3, 0.4) is 0 Å². The van der Waals surface area contributed by atoms with Gasteiger partial charge in [0, 0.05) is 22.1 Å². The summed E-state index contributed by atoms with van der Waals surface area (Å²) in [6.45, 7) is 6.95. The molecule has 0 radical (unpaired) electrons. The van der Waals surface area contributed by atoms with Gasteiger partial charge in [-0.25, -0.2) is 0 Å². The zero-order valence-electron chi connectivity index (χ0n) is 11.0. The lowest BCUT2D eigenvalue weighted by Crippen LogP contribution is -2.17. The van der Waals surface area contributed by atoms with Crippen molar-refractivity contribution in [2.75, 3.05) is 0 Å². The first-order chi connectivity index (χ1) is 8.39. The Hall–Kier alpha value is -0.800. The van der Waals surface area contributed by atoms with E-state index in [1.54, 1.807) is 0 Å². The van der Waals surface area contributed by atoms with Crippen LogP contribution in [-0.2, 0) is 18.6 Å². The van der Waals surface area contributed by atoms with E-state index in [0.29, 0.717) is 0 Å². The number of hydrogen-bond acceptors (Lipinski definition) is 1. The first kappa shape index (κ1) is 12.2. The van der Waals surface area contributed by atoms with Gasteiger partial charge in [-0.3, -0.25) is 0 Å². The molecule has 0 bridgehead atoms. The van der Waals surface area contributed by atoms with Gasteiger partial charge in [0.15, 0.2) is 0 Å². The lowest BCUT2D eigenvalue weighted by atomic mass is 9.92. The second kappa shape index (κ2) is 3.84. The summed E-state index contributed by atoms with van der Waals surface area (Å²) in [5.41, 5.74) is 4.23. The first-order valence-corrected chi connectivity index (χ1v) is 7.23. The van der Waals surface area contributed by atoms with Crippen molar-refractivity contribution in [2.24, 2.45) is 0 Å². The Morgan fingerprint density at radius 2 is 2.06 bits per heavy atom. The third kappa shape index (κ3) is 1.64. The third-order valence-corrected chi connectivity index (χ3v) is 4.95. The fourth-order valence-electron chi connectivity index (χ4n) is 2.91. The summed E-state index contributed by atoms with van der Waals surface area (Å²) in [5, 5.41) is 11.5. The monoisotopic (exact) mass is 307 g/mol. The highest BCUT2D eigenvalue weighted by Gasteiger charge is 2.23. The van der Waals surface area contributed by atoms with Gasteiger partial charge < -0.3 is 9.67 Å². The minimum Gasteiger partial charge on any atom is -0.386 e. The summed E-state index contributed by atoms with van der Waals surface area (Å²) < 4.78 is 3.57. The van der Waals surface area contributed by atoms with Crippen molar-refractivity contribution in [3.05, 3.63) is 33.4 Å². The molecule has 0 atom stereocenters. The normalized spacial score (nSPS) is 15.4. The number of rotatable bonds is 1. The Labute approximate surface area is 116 Å². The second-order valence-electron chi connectivity index (χ2n) is 5.75. The van der Waals surface area contributed by atoms with Crippen molar-refractivity contribution in [1.82, 2.24) is 4.57 Å². The summed E-state index contributed by atoms with van der Waals surface area (Å²) in [7, 11) is 0. The molecule has 2 aromatic rings. The SMILES string of the molecule is Cc1c(Br)c2cc(C(C)(C)O)cc3c2n1CCC3. The van der Waals surface area contributed by atoms with Crippen LogP contribution in [0, 0.1) is 6.92 Å². The predicted molar refractivity (Wildman–Crippen MR) is 77.9 cm³/mol. The second-order valence-corrected chi connectivity index (χ2v) is 6.54. The molecular formula is C15H18BrNO. The molecule has 0 aliphatic carbocycles. The van der Waals surface area contributed by atoms with Gasteiger partial charge in [-0.05, 0) is 66.7 Å². The van der Waals surface area contributed by atoms with Crippen LogP contribution in [0.25, 0.3) is 10.9 Å². The minimum absolute atomic E-state index is 0.780. The first-order valence-electron chi connectivity index (χ1n) is 6.43. The molecule has 0 unspecified atom stereocenters. The number of nitrogens with zero attached hydrogens (tertiary/aromatic N) is 1. The number of benzene rings is 1. The number of aliphatic hydroxyl groups is 1. The molecule has 1 N–H and O–H groups in total. The quantitative estimate of drug-likeness (QED) is 0.849. The van der Waals surface area contributed by atoms with E-state index in [2.05, 4.69) is 39.6 Å². The van der Waals surface area contributed by atoms with Crippen LogP contribution >= 0.6 is 15.9 Å². The van der Waals surface area contributed by atoms with E-state index >= 15 is 0 Å². The van der Waals surface area contributed by atoms with Crippen LogP contribution < -0.4 is 0 Å². The van der Waals surface area contributed by atoms with E-state index in [4.69, 9.17) is 0 Å². The molecule has 2 heterocycles. The van der Waals surface area contributed by atoms with Crippen molar-refractivity contribution in [3.8, 4) is 0 Å². The van der Waals surface area contributed by atoms with Gasteiger partial charge in [0.05, 0.1) is 11.1 Å². The molecule has 3 heteroatoms. The Balaban J connectivity index is 2.40. The predicted octanol–water partition coefficient (Wildman–Crippen LogP) is 3.89. The molecule has 3 rings (SSSR count). The van der Waals surface area contributed by atoms with E-state index in [-0.39, 0.29) is 0 Å². The molecule has 1 aliphatic heterocycles. The lowest BCUT2D eigenvalue weighted by Gasteiger charge is -2.22. The molecule has 18 heavy (non-hydrogen) atoms. The molecule has 0 amide bonds. The highest BCUT2D eigenvalue weighted by Crippen LogP contribution is 2.38. The molecule has 0 spiro atoms.